The number of hydrogen-bond acceptors (Lipinski definition) is 7. The molecule has 0 bridgehead atoms. The van der Waals surface area contributed by atoms with Gasteiger partial charge in [0.15, 0.2) is 0 Å². The van der Waals surface area contributed by atoms with Crippen molar-refractivity contribution in [3.8, 4) is 22.7 Å². The highest BCUT2D eigenvalue weighted by Gasteiger charge is 2.19. The molecule has 9 nitrogen and oxygen atoms in total. The number of amides is 1. The predicted molar refractivity (Wildman–Crippen MR) is 124 cm³/mol. The Bertz CT molecular complexity index is 1340. The van der Waals surface area contributed by atoms with Crippen molar-refractivity contribution in [1.82, 2.24) is 15.1 Å². The Morgan fingerprint density at radius 3 is 2.51 bits per heavy atom. The van der Waals surface area contributed by atoms with Crippen LogP contribution in [0.1, 0.15) is 16.8 Å². The molecule has 178 valence electrons. The zero-order valence-electron chi connectivity index (χ0n) is 18.7. The minimum atomic E-state index is -0.925. The summed E-state index contributed by atoms with van der Waals surface area (Å²) < 4.78 is 24.2. The molecule has 0 aliphatic carbocycles. The molecule has 0 saturated carbocycles. The van der Waals surface area contributed by atoms with Crippen LogP contribution in [-0.2, 0) is 22.4 Å². The van der Waals surface area contributed by atoms with E-state index in [1.165, 1.54) is 12.3 Å². The van der Waals surface area contributed by atoms with Crippen molar-refractivity contribution in [2.75, 3.05) is 11.9 Å². The first-order chi connectivity index (χ1) is 16.9. The number of halogens is 1. The first-order valence-corrected chi connectivity index (χ1v) is 10.7. The third-order valence-corrected chi connectivity index (χ3v) is 5.12. The molecule has 0 aliphatic heterocycles. The van der Waals surface area contributed by atoms with E-state index >= 15 is 0 Å². The maximum absolute atomic E-state index is 13.7. The molecule has 0 spiro atoms. The number of carbonyl (C=O) groups excluding carboxylic acids is 1. The molecule has 4 aromatic rings. The third kappa shape index (κ3) is 5.85. The lowest BCUT2D eigenvalue weighted by Gasteiger charge is -2.08. The summed E-state index contributed by atoms with van der Waals surface area (Å²) in [7, 11) is 0. The highest BCUT2D eigenvalue weighted by atomic mass is 19.1. The molecule has 1 aromatic carbocycles. The summed E-state index contributed by atoms with van der Waals surface area (Å²) in [4.78, 5) is 31.8. The van der Waals surface area contributed by atoms with Gasteiger partial charge in [0.2, 0.25) is 5.76 Å². The molecular weight excluding hydrogens is 455 g/mol. The number of nitrogens with zero attached hydrogens (tertiary/aromatic N) is 3. The van der Waals surface area contributed by atoms with Gasteiger partial charge in [0, 0.05) is 24.4 Å². The van der Waals surface area contributed by atoms with Gasteiger partial charge >= 0.3 is 12.1 Å². The Balaban J connectivity index is 1.41. The lowest BCUT2D eigenvalue weighted by atomic mass is 10.1. The van der Waals surface area contributed by atoms with Gasteiger partial charge in [-0.3, -0.25) is 20.1 Å². The minimum Gasteiger partial charge on any atom is -0.481 e. The van der Waals surface area contributed by atoms with Crippen LogP contribution < -0.4 is 5.32 Å². The van der Waals surface area contributed by atoms with Gasteiger partial charge in [-0.1, -0.05) is 29.4 Å². The Morgan fingerprint density at radius 2 is 1.83 bits per heavy atom. The van der Waals surface area contributed by atoms with Gasteiger partial charge in [-0.25, -0.2) is 9.18 Å². The number of carboxylic acids is 1. The fraction of sp³-hybridized carbons (Fsp3) is 0.160. The van der Waals surface area contributed by atoms with Crippen LogP contribution in [0.25, 0.3) is 22.7 Å². The van der Waals surface area contributed by atoms with Gasteiger partial charge < -0.3 is 14.4 Å². The van der Waals surface area contributed by atoms with E-state index in [1.54, 1.807) is 55.6 Å². The number of hydrogen-bond donors (Lipinski definition) is 2. The number of carboxylic acid groups (broad SMARTS) is 1. The van der Waals surface area contributed by atoms with Crippen molar-refractivity contribution in [3.63, 3.8) is 0 Å². The summed E-state index contributed by atoms with van der Waals surface area (Å²) in [6.07, 6.45) is 2.51. The number of benzene rings is 1. The molecule has 2 N–H and O–H groups in total. The summed E-state index contributed by atoms with van der Waals surface area (Å²) in [5, 5.41) is 15.4. The number of carbonyl (C=O) groups is 2. The SMILES string of the molecule is Cc1noc(-c2ccc(-c3ccc(CC(=O)O)cn3)cn2)c1NC(=O)OCCc1ccccc1F. The largest absolute Gasteiger partial charge is 0.481 e. The Hall–Kier alpha value is -4.60. The van der Waals surface area contributed by atoms with Gasteiger partial charge in [-0.2, -0.15) is 0 Å². The van der Waals surface area contributed by atoms with Gasteiger partial charge in [0.05, 0.1) is 18.7 Å². The molecule has 1 amide bonds. The van der Waals surface area contributed by atoms with E-state index in [0.717, 1.165) is 0 Å². The van der Waals surface area contributed by atoms with Gasteiger partial charge in [0.1, 0.15) is 22.9 Å². The van der Waals surface area contributed by atoms with Crippen molar-refractivity contribution < 1.29 is 28.3 Å². The average Bonchev–Trinajstić information content (AvgIpc) is 3.20. The first kappa shape index (κ1) is 23.6. The molecular formula is C25H21FN4O5. The normalized spacial score (nSPS) is 10.7. The van der Waals surface area contributed by atoms with Crippen LogP contribution in [0.2, 0.25) is 0 Å². The molecule has 10 heteroatoms. The van der Waals surface area contributed by atoms with E-state index in [9.17, 15) is 14.0 Å². The number of nitrogens with one attached hydrogen (secondary N) is 1. The Morgan fingerprint density at radius 1 is 1.06 bits per heavy atom. The summed E-state index contributed by atoms with van der Waals surface area (Å²) in [6, 6.07) is 13.2. The van der Waals surface area contributed by atoms with Crippen molar-refractivity contribution >= 4 is 17.7 Å². The van der Waals surface area contributed by atoms with Crippen LogP contribution >= 0.6 is 0 Å². The summed E-state index contributed by atoms with van der Waals surface area (Å²) in [6.45, 7) is 1.66. The zero-order chi connectivity index (χ0) is 24.8. The van der Waals surface area contributed by atoms with Crippen molar-refractivity contribution in [1.29, 1.82) is 0 Å². The minimum absolute atomic E-state index is 0.00235. The molecule has 35 heavy (non-hydrogen) atoms. The molecule has 0 aliphatic rings. The van der Waals surface area contributed by atoms with E-state index in [1.807, 2.05) is 0 Å². The summed E-state index contributed by atoms with van der Waals surface area (Å²) in [5.74, 6) is -1.02. The number of rotatable bonds is 8. The zero-order valence-corrected chi connectivity index (χ0v) is 18.7. The van der Waals surface area contributed by atoms with Gasteiger partial charge in [-0.05, 0) is 42.3 Å². The second kappa shape index (κ2) is 10.6. The number of ether oxygens (including phenoxy) is 1. The van der Waals surface area contributed by atoms with Crippen molar-refractivity contribution in [3.05, 3.63) is 83.6 Å². The van der Waals surface area contributed by atoms with Crippen LogP contribution in [0, 0.1) is 12.7 Å². The van der Waals surface area contributed by atoms with E-state index < -0.39 is 12.1 Å². The fourth-order valence-electron chi connectivity index (χ4n) is 3.34. The first-order valence-electron chi connectivity index (χ1n) is 10.7. The third-order valence-electron chi connectivity index (χ3n) is 5.12. The molecule has 3 aromatic heterocycles. The predicted octanol–water partition coefficient (Wildman–Crippen LogP) is 4.66. The molecule has 3 heterocycles. The molecule has 0 fully saturated rings. The molecule has 0 unspecified atom stereocenters. The number of aromatic nitrogens is 3. The molecule has 0 saturated heterocycles. The van der Waals surface area contributed by atoms with E-state index in [-0.39, 0.29) is 31.0 Å². The number of pyridine rings is 2. The highest BCUT2D eigenvalue weighted by Crippen LogP contribution is 2.30. The van der Waals surface area contributed by atoms with Crippen LogP contribution in [0.3, 0.4) is 0 Å². The maximum Gasteiger partial charge on any atom is 0.411 e. The highest BCUT2D eigenvalue weighted by molar-refractivity contribution is 5.90. The number of aryl methyl sites for hydroxylation is 1. The fourth-order valence-corrected chi connectivity index (χ4v) is 3.34. The Labute approximate surface area is 199 Å². The monoisotopic (exact) mass is 476 g/mol. The summed E-state index contributed by atoms with van der Waals surface area (Å²) >= 11 is 0. The maximum atomic E-state index is 13.7. The van der Waals surface area contributed by atoms with Gasteiger partial charge in [0.25, 0.3) is 0 Å². The topological polar surface area (TPSA) is 127 Å². The second-order valence-corrected chi connectivity index (χ2v) is 7.63. The Kier molecular flexibility index (Phi) is 7.10. The average molecular weight is 476 g/mol. The van der Waals surface area contributed by atoms with E-state index in [2.05, 4.69) is 20.4 Å². The van der Waals surface area contributed by atoms with Crippen LogP contribution in [0.4, 0.5) is 14.9 Å². The number of aliphatic carboxylic acids is 1. The molecule has 0 atom stereocenters. The standard InChI is InChI=1S/C25H21FN4O5/c1-15-23(29-25(33)34-11-10-17-4-2-3-5-19(17)26)24(35-30-15)21-9-7-18(14-28-21)20-8-6-16(13-27-20)12-22(31)32/h2-9,13-14H,10-12H2,1H3,(H,29,33)(H,31,32). The smallest absolute Gasteiger partial charge is 0.411 e. The van der Waals surface area contributed by atoms with Crippen molar-refractivity contribution in [2.45, 2.75) is 19.8 Å². The lowest BCUT2D eigenvalue weighted by molar-refractivity contribution is -0.136. The van der Waals surface area contributed by atoms with Gasteiger partial charge in [-0.15, -0.1) is 0 Å². The van der Waals surface area contributed by atoms with Crippen LogP contribution in [-0.4, -0.2) is 38.9 Å². The molecule has 4 rings (SSSR count). The number of anilines is 1. The van der Waals surface area contributed by atoms with Crippen LogP contribution in [0.15, 0.2) is 65.4 Å². The molecule has 0 radical (unpaired) electrons. The summed E-state index contributed by atoms with van der Waals surface area (Å²) in [5.41, 5.74) is 3.58. The lowest BCUT2D eigenvalue weighted by Crippen LogP contribution is -2.16. The van der Waals surface area contributed by atoms with Crippen LogP contribution in [0.5, 0.6) is 0 Å². The van der Waals surface area contributed by atoms with E-state index in [4.69, 9.17) is 14.4 Å². The quantitative estimate of drug-likeness (QED) is 0.376. The van der Waals surface area contributed by atoms with Crippen molar-refractivity contribution in [2.24, 2.45) is 0 Å². The van der Waals surface area contributed by atoms with E-state index in [0.29, 0.717) is 39.5 Å². The second-order valence-electron chi connectivity index (χ2n) is 7.63.